The van der Waals surface area contributed by atoms with Crippen LogP contribution >= 0.6 is 11.6 Å². The van der Waals surface area contributed by atoms with Gasteiger partial charge in [0.15, 0.2) is 0 Å². The Labute approximate surface area is 123 Å². The number of rotatable bonds is 3. The SMILES string of the molecule is Cc1ccc(NCc2ccc3ncccc3c2)cc1Cl. The summed E-state index contributed by atoms with van der Waals surface area (Å²) < 4.78 is 0. The summed E-state index contributed by atoms with van der Waals surface area (Å²) in [5, 5.41) is 5.34. The fourth-order valence-corrected chi connectivity index (χ4v) is 2.32. The Bertz CT molecular complexity index is 753. The summed E-state index contributed by atoms with van der Waals surface area (Å²) in [6, 6.07) is 16.4. The summed E-state index contributed by atoms with van der Waals surface area (Å²) in [6.07, 6.45) is 1.81. The molecule has 2 nitrogen and oxygen atoms in total. The molecule has 0 saturated carbocycles. The van der Waals surface area contributed by atoms with Crippen molar-refractivity contribution in [2.75, 3.05) is 5.32 Å². The molecule has 2 aromatic carbocycles. The molecular weight excluding hydrogens is 268 g/mol. The second kappa shape index (κ2) is 5.51. The molecule has 3 heteroatoms. The van der Waals surface area contributed by atoms with Gasteiger partial charge >= 0.3 is 0 Å². The monoisotopic (exact) mass is 282 g/mol. The molecule has 1 aromatic heterocycles. The predicted octanol–water partition coefficient (Wildman–Crippen LogP) is 4.81. The molecule has 0 aliphatic heterocycles. The molecule has 0 aliphatic rings. The highest BCUT2D eigenvalue weighted by molar-refractivity contribution is 6.31. The minimum Gasteiger partial charge on any atom is -0.381 e. The highest BCUT2D eigenvalue weighted by Gasteiger charge is 2.00. The Morgan fingerprint density at radius 2 is 2.00 bits per heavy atom. The van der Waals surface area contributed by atoms with E-state index in [9.17, 15) is 0 Å². The molecule has 3 rings (SSSR count). The third kappa shape index (κ3) is 2.75. The third-order valence-corrected chi connectivity index (χ3v) is 3.74. The Kier molecular flexibility index (Phi) is 3.57. The van der Waals surface area contributed by atoms with Crippen LogP contribution in [0.4, 0.5) is 5.69 Å². The summed E-state index contributed by atoms with van der Waals surface area (Å²) in [5.41, 5.74) is 4.37. The van der Waals surface area contributed by atoms with Gasteiger partial charge in [-0.15, -0.1) is 0 Å². The van der Waals surface area contributed by atoms with Crippen molar-refractivity contribution in [3.8, 4) is 0 Å². The molecule has 20 heavy (non-hydrogen) atoms. The van der Waals surface area contributed by atoms with E-state index < -0.39 is 0 Å². The number of pyridine rings is 1. The molecule has 3 aromatic rings. The van der Waals surface area contributed by atoms with Gasteiger partial charge in [-0.2, -0.15) is 0 Å². The number of fused-ring (bicyclic) bond motifs is 1. The molecule has 0 saturated heterocycles. The number of hydrogen-bond acceptors (Lipinski definition) is 2. The molecular formula is C17H15ClN2. The van der Waals surface area contributed by atoms with Crippen LogP contribution in [0.3, 0.4) is 0 Å². The zero-order valence-electron chi connectivity index (χ0n) is 11.2. The van der Waals surface area contributed by atoms with Gasteiger partial charge < -0.3 is 5.32 Å². The van der Waals surface area contributed by atoms with Crippen LogP contribution in [-0.4, -0.2) is 4.98 Å². The first-order valence-electron chi connectivity index (χ1n) is 6.56. The fraction of sp³-hybridized carbons (Fsp3) is 0.118. The van der Waals surface area contributed by atoms with E-state index in [0.717, 1.165) is 33.7 Å². The summed E-state index contributed by atoms with van der Waals surface area (Å²) >= 11 is 6.13. The average molecular weight is 283 g/mol. The highest BCUT2D eigenvalue weighted by atomic mass is 35.5. The van der Waals surface area contributed by atoms with Crippen molar-refractivity contribution in [3.63, 3.8) is 0 Å². The number of halogens is 1. The quantitative estimate of drug-likeness (QED) is 0.746. The standard InChI is InChI=1S/C17H15ClN2/c1-12-4-6-15(10-16(12)18)20-11-13-5-7-17-14(9-13)3-2-8-19-17/h2-10,20H,11H2,1H3. The van der Waals surface area contributed by atoms with Gasteiger partial charge in [0.05, 0.1) is 5.52 Å². The largest absolute Gasteiger partial charge is 0.381 e. The summed E-state index contributed by atoms with van der Waals surface area (Å²) in [4.78, 5) is 4.32. The number of nitrogens with one attached hydrogen (secondary N) is 1. The van der Waals surface area contributed by atoms with E-state index >= 15 is 0 Å². The van der Waals surface area contributed by atoms with E-state index in [2.05, 4.69) is 34.6 Å². The average Bonchev–Trinajstić information content (AvgIpc) is 2.48. The second-order valence-electron chi connectivity index (χ2n) is 4.85. The van der Waals surface area contributed by atoms with Crippen LogP contribution in [0.15, 0.2) is 54.7 Å². The Morgan fingerprint density at radius 3 is 2.85 bits per heavy atom. The van der Waals surface area contributed by atoms with Crippen LogP contribution in [0.5, 0.6) is 0 Å². The van der Waals surface area contributed by atoms with Crippen LogP contribution in [-0.2, 0) is 6.54 Å². The summed E-state index contributed by atoms with van der Waals surface area (Å²) in [5.74, 6) is 0. The molecule has 0 fully saturated rings. The molecule has 1 heterocycles. The summed E-state index contributed by atoms with van der Waals surface area (Å²) in [6.45, 7) is 2.77. The van der Waals surface area contributed by atoms with E-state index in [1.807, 2.05) is 37.4 Å². The smallest absolute Gasteiger partial charge is 0.0702 e. The van der Waals surface area contributed by atoms with Gasteiger partial charge in [0.2, 0.25) is 0 Å². The van der Waals surface area contributed by atoms with Crippen LogP contribution < -0.4 is 5.32 Å². The second-order valence-corrected chi connectivity index (χ2v) is 5.26. The Morgan fingerprint density at radius 1 is 1.10 bits per heavy atom. The van der Waals surface area contributed by atoms with E-state index in [1.54, 1.807) is 0 Å². The van der Waals surface area contributed by atoms with Gasteiger partial charge in [-0.05, 0) is 48.4 Å². The zero-order valence-corrected chi connectivity index (χ0v) is 12.0. The van der Waals surface area contributed by atoms with Crippen LogP contribution in [0.2, 0.25) is 5.02 Å². The number of aromatic nitrogens is 1. The lowest BCUT2D eigenvalue weighted by Crippen LogP contribution is -1.99. The van der Waals surface area contributed by atoms with Crippen molar-refractivity contribution in [1.82, 2.24) is 4.98 Å². The van der Waals surface area contributed by atoms with Gasteiger partial charge in [-0.1, -0.05) is 29.8 Å². The van der Waals surface area contributed by atoms with Crippen LogP contribution in [0.1, 0.15) is 11.1 Å². The van der Waals surface area contributed by atoms with Crippen molar-refractivity contribution in [3.05, 3.63) is 70.9 Å². The van der Waals surface area contributed by atoms with Gasteiger partial charge in [0.1, 0.15) is 0 Å². The molecule has 1 N–H and O–H groups in total. The fourth-order valence-electron chi connectivity index (χ4n) is 2.14. The van der Waals surface area contributed by atoms with Crippen LogP contribution in [0, 0.1) is 6.92 Å². The number of benzene rings is 2. The van der Waals surface area contributed by atoms with Crippen molar-refractivity contribution in [1.29, 1.82) is 0 Å². The number of hydrogen-bond donors (Lipinski definition) is 1. The first-order valence-corrected chi connectivity index (χ1v) is 6.94. The maximum Gasteiger partial charge on any atom is 0.0702 e. The van der Waals surface area contributed by atoms with Crippen molar-refractivity contribution in [2.24, 2.45) is 0 Å². The maximum absolute atomic E-state index is 6.13. The molecule has 0 spiro atoms. The molecule has 0 amide bonds. The Hall–Kier alpha value is -2.06. The molecule has 0 atom stereocenters. The predicted molar refractivity (Wildman–Crippen MR) is 85.3 cm³/mol. The van der Waals surface area contributed by atoms with Gasteiger partial charge in [-0.25, -0.2) is 0 Å². The summed E-state index contributed by atoms with van der Waals surface area (Å²) in [7, 11) is 0. The molecule has 0 unspecified atom stereocenters. The van der Waals surface area contributed by atoms with E-state index in [4.69, 9.17) is 11.6 Å². The van der Waals surface area contributed by atoms with Crippen molar-refractivity contribution >= 4 is 28.2 Å². The minimum atomic E-state index is 0.768. The number of nitrogens with zero attached hydrogens (tertiary/aromatic N) is 1. The molecule has 100 valence electrons. The topological polar surface area (TPSA) is 24.9 Å². The zero-order chi connectivity index (χ0) is 13.9. The van der Waals surface area contributed by atoms with Gasteiger partial charge in [0.25, 0.3) is 0 Å². The van der Waals surface area contributed by atoms with E-state index in [-0.39, 0.29) is 0 Å². The number of aryl methyl sites for hydroxylation is 1. The maximum atomic E-state index is 6.13. The first kappa shape index (κ1) is 12.9. The lowest BCUT2D eigenvalue weighted by Gasteiger charge is -2.08. The molecule has 0 aliphatic carbocycles. The van der Waals surface area contributed by atoms with Crippen LogP contribution in [0.25, 0.3) is 10.9 Å². The lowest BCUT2D eigenvalue weighted by molar-refractivity contribution is 1.15. The van der Waals surface area contributed by atoms with Crippen molar-refractivity contribution < 1.29 is 0 Å². The van der Waals surface area contributed by atoms with E-state index in [0.29, 0.717) is 0 Å². The Balaban J connectivity index is 1.77. The minimum absolute atomic E-state index is 0.768. The van der Waals surface area contributed by atoms with Gasteiger partial charge in [0, 0.05) is 28.8 Å². The van der Waals surface area contributed by atoms with Crippen molar-refractivity contribution in [2.45, 2.75) is 13.5 Å². The lowest BCUT2D eigenvalue weighted by atomic mass is 10.1. The highest BCUT2D eigenvalue weighted by Crippen LogP contribution is 2.21. The third-order valence-electron chi connectivity index (χ3n) is 3.34. The molecule has 0 bridgehead atoms. The van der Waals surface area contributed by atoms with E-state index in [1.165, 1.54) is 5.56 Å². The number of anilines is 1. The normalized spacial score (nSPS) is 10.7. The molecule has 0 radical (unpaired) electrons. The first-order chi connectivity index (χ1) is 9.72. The van der Waals surface area contributed by atoms with Gasteiger partial charge in [-0.3, -0.25) is 4.98 Å².